The van der Waals surface area contributed by atoms with Crippen LogP contribution in [-0.4, -0.2) is 29.1 Å². The summed E-state index contributed by atoms with van der Waals surface area (Å²) in [4.78, 5) is 24.6. The maximum Gasteiger partial charge on any atom is 0.290 e. The van der Waals surface area contributed by atoms with Crippen LogP contribution in [0.1, 0.15) is 34.7 Å². The Balaban J connectivity index is 1.71. The summed E-state index contributed by atoms with van der Waals surface area (Å²) in [5.74, 6) is -0.488. The molecule has 0 radical (unpaired) electrons. The van der Waals surface area contributed by atoms with Gasteiger partial charge in [-0.05, 0) is 25.3 Å². The molecule has 1 atom stereocenters. The van der Waals surface area contributed by atoms with Gasteiger partial charge in [0.05, 0.1) is 5.69 Å². The molecule has 0 spiro atoms. The van der Waals surface area contributed by atoms with Crippen LogP contribution in [0.4, 0.5) is 0 Å². The van der Waals surface area contributed by atoms with Crippen molar-refractivity contribution in [1.29, 1.82) is 0 Å². The summed E-state index contributed by atoms with van der Waals surface area (Å²) in [6, 6.07) is 10.7. The van der Waals surface area contributed by atoms with Crippen LogP contribution in [0, 0.1) is 6.92 Å². The van der Waals surface area contributed by atoms with Crippen LogP contribution in [0.15, 0.2) is 40.9 Å². The molecule has 1 heterocycles. The Morgan fingerprint density at radius 2 is 2.04 bits per heavy atom. The number of nitrogens with zero attached hydrogens (tertiary/aromatic N) is 1. The molecule has 2 aromatic rings. The monoisotopic (exact) mass is 313 g/mol. The van der Waals surface area contributed by atoms with Crippen molar-refractivity contribution in [2.75, 3.05) is 0 Å². The van der Waals surface area contributed by atoms with Crippen LogP contribution in [0.2, 0.25) is 0 Å². The average Bonchev–Trinajstić information content (AvgIpc) is 3.25. The molecule has 120 valence electrons. The molecule has 0 bridgehead atoms. The summed E-state index contributed by atoms with van der Waals surface area (Å²) < 4.78 is 4.96. The van der Waals surface area contributed by atoms with Crippen LogP contribution in [0.5, 0.6) is 0 Å². The van der Waals surface area contributed by atoms with E-state index in [4.69, 9.17) is 4.52 Å². The molecular weight excluding hydrogens is 294 g/mol. The number of carbonyl (C=O) groups excluding carboxylic acids is 2. The van der Waals surface area contributed by atoms with Crippen LogP contribution in [-0.2, 0) is 11.2 Å². The second-order valence-corrected chi connectivity index (χ2v) is 5.83. The largest absolute Gasteiger partial charge is 0.352 e. The van der Waals surface area contributed by atoms with Gasteiger partial charge in [-0.1, -0.05) is 35.5 Å². The number of aromatic nitrogens is 1. The fourth-order valence-electron chi connectivity index (χ4n) is 2.29. The third-order valence-corrected chi connectivity index (χ3v) is 3.68. The van der Waals surface area contributed by atoms with E-state index >= 15 is 0 Å². The zero-order valence-electron chi connectivity index (χ0n) is 12.9. The summed E-state index contributed by atoms with van der Waals surface area (Å²) in [5.41, 5.74) is 1.61. The van der Waals surface area contributed by atoms with Crippen molar-refractivity contribution in [2.24, 2.45) is 0 Å². The smallest absolute Gasteiger partial charge is 0.290 e. The molecule has 1 fully saturated rings. The molecule has 1 saturated carbocycles. The van der Waals surface area contributed by atoms with E-state index in [0.717, 1.165) is 18.4 Å². The highest BCUT2D eigenvalue weighted by Gasteiger charge is 2.29. The Morgan fingerprint density at radius 3 is 2.65 bits per heavy atom. The fraction of sp³-hybridized carbons (Fsp3) is 0.353. The number of aryl methyl sites for hydroxylation is 1. The lowest BCUT2D eigenvalue weighted by Crippen LogP contribution is -2.48. The number of benzene rings is 1. The van der Waals surface area contributed by atoms with Gasteiger partial charge in [0.15, 0.2) is 0 Å². The van der Waals surface area contributed by atoms with E-state index in [1.807, 2.05) is 30.3 Å². The van der Waals surface area contributed by atoms with Crippen molar-refractivity contribution in [3.05, 3.63) is 53.4 Å². The predicted molar refractivity (Wildman–Crippen MR) is 83.8 cm³/mol. The Labute approximate surface area is 134 Å². The first-order valence-corrected chi connectivity index (χ1v) is 7.70. The molecule has 6 heteroatoms. The summed E-state index contributed by atoms with van der Waals surface area (Å²) in [7, 11) is 0. The maximum absolute atomic E-state index is 12.4. The third kappa shape index (κ3) is 4.18. The Morgan fingerprint density at radius 1 is 1.30 bits per heavy atom. The normalized spacial score (nSPS) is 15.0. The number of hydrogen-bond donors (Lipinski definition) is 2. The van der Waals surface area contributed by atoms with E-state index in [2.05, 4.69) is 15.8 Å². The van der Waals surface area contributed by atoms with Crippen molar-refractivity contribution < 1.29 is 14.1 Å². The Bertz CT molecular complexity index is 692. The number of amides is 2. The molecule has 23 heavy (non-hydrogen) atoms. The van der Waals surface area contributed by atoms with Gasteiger partial charge in [-0.3, -0.25) is 9.59 Å². The summed E-state index contributed by atoms with van der Waals surface area (Å²) in [6.45, 7) is 1.74. The highest BCUT2D eigenvalue weighted by molar-refractivity contribution is 5.95. The Kier molecular flexibility index (Phi) is 4.41. The highest BCUT2D eigenvalue weighted by atomic mass is 16.5. The van der Waals surface area contributed by atoms with E-state index < -0.39 is 11.9 Å². The first-order valence-electron chi connectivity index (χ1n) is 7.70. The van der Waals surface area contributed by atoms with Gasteiger partial charge in [-0.25, -0.2) is 0 Å². The molecule has 0 saturated heterocycles. The lowest BCUT2D eigenvalue weighted by atomic mass is 10.0. The van der Waals surface area contributed by atoms with Crippen molar-refractivity contribution in [3.8, 4) is 0 Å². The number of hydrogen-bond acceptors (Lipinski definition) is 4. The van der Waals surface area contributed by atoms with Crippen LogP contribution in [0.25, 0.3) is 0 Å². The number of nitrogens with one attached hydrogen (secondary N) is 2. The van der Waals surface area contributed by atoms with Crippen LogP contribution >= 0.6 is 0 Å². The van der Waals surface area contributed by atoms with Gasteiger partial charge in [-0.15, -0.1) is 0 Å². The molecule has 0 aliphatic heterocycles. The van der Waals surface area contributed by atoms with E-state index in [1.54, 1.807) is 13.0 Å². The second-order valence-electron chi connectivity index (χ2n) is 5.83. The molecule has 6 nitrogen and oxygen atoms in total. The lowest BCUT2D eigenvalue weighted by molar-refractivity contribution is -0.123. The molecule has 2 amide bonds. The van der Waals surface area contributed by atoms with Crippen molar-refractivity contribution in [2.45, 2.75) is 38.3 Å². The van der Waals surface area contributed by atoms with Crippen LogP contribution < -0.4 is 10.6 Å². The van der Waals surface area contributed by atoms with Gasteiger partial charge in [-0.2, -0.15) is 0 Å². The van der Waals surface area contributed by atoms with Gasteiger partial charge in [0.25, 0.3) is 5.91 Å². The lowest BCUT2D eigenvalue weighted by Gasteiger charge is -2.17. The minimum atomic E-state index is -0.643. The molecule has 1 aliphatic rings. The minimum absolute atomic E-state index is 0.111. The van der Waals surface area contributed by atoms with Gasteiger partial charge in [0, 0.05) is 18.5 Å². The first-order chi connectivity index (χ1) is 11.1. The fourth-order valence-corrected chi connectivity index (χ4v) is 2.29. The zero-order valence-corrected chi connectivity index (χ0v) is 12.9. The zero-order chi connectivity index (χ0) is 16.2. The third-order valence-electron chi connectivity index (χ3n) is 3.68. The predicted octanol–water partition coefficient (Wildman–Crippen LogP) is 1.60. The standard InChI is InChI=1S/C17H19N3O3/c1-11-9-15(23-20-11)17(22)19-14(16(21)18-13-7-8-13)10-12-5-3-2-4-6-12/h2-6,9,13-14H,7-8,10H2,1H3,(H,18,21)(H,19,22)/t14-/m1/s1. The van der Waals surface area contributed by atoms with E-state index in [-0.39, 0.29) is 17.7 Å². The van der Waals surface area contributed by atoms with Gasteiger partial charge >= 0.3 is 0 Å². The van der Waals surface area contributed by atoms with Crippen molar-refractivity contribution >= 4 is 11.8 Å². The summed E-state index contributed by atoms with van der Waals surface area (Å²) in [6.07, 6.45) is 2.43. The van der Waals surface area contributed by atoms with E-state index in [0.29, 0.717) is 12.1 Å². The topological polar surface area (TPSA) is 84.2 Å². The van der Waals surface area contributed by atoms with Gasteiger partial charge in [0.1, 0.15) is 6.04 Å². The van der Waals surface area contributed by atoms with E-state index in [9.17, 15) is 9.59 Å². The minimum Gasteiger partial charge on any atom is -0.352 e. The SMILES string of the molecule is Cc1cc(C(=O)N[C@H](Cc2ccccc2)C(=O)NC2CC2)on1. The molecule has 2 N–H and O–H groups in total. The molecule has 1 aliphatic carbocycles. The number of carbonyl (C=O) groups is 2. The molecule has 0 unspecified atom stereocenters. The van der Waals surface area contributed by atoms with Gasteiger partial charge in [0.2, 0.25) is 11.7 Å². The highest BCUT2D eigenvalue weighted by Crippen LogP contribution is 2.19. The Hall–Kier alpha value is -2.63. The quantitative estimate of drug-likeness (QED) is 0.848. The van der Waals surface area contributed by atoms with E-state index in [1.165, 1.54) is 0 Å². The molecule has 1 aromatic heterocycles. The second kappa shape index (κ2) is 6.64. The average molecular weight is 313 g/mol. The summed E-state index contributed by atoms with van der Waals surface area (Å²) in [5, 5.41) is 9.38. The molecule has 3 rings (SSSR count). The van der Waals surface area contributed by atoms with Crippen molar-refractivity contribution in [1.82, 2.24) is 15.8 Å². The maximum atomic E-state index is 12.4. The summed E-state index contributed by atoms with van der Waals surface area (Å²) >= 11 is 0. The first kappa shape index (κ1) is 15.3. The molecular formula is C17H19N3O3. The molecule has 1 aromatic carbocycles. The van der Waals surface area contributed by atoms with Crippen LogP contribution in [0.3, 0.4) is 0 Å². The number of rotatable bonds is 6. The van der Waals surface area contributed by atoms with Gasteiger partial charge < -0.3 is 15.2 Å². The van der Waals surface area contributed by atoms with Crippen molar-refractivity contribution in [3.63, 3.8) is 0 Å².